The maximum Gasteiger partial charge on any atom is 0.0921 e. The Morgan fingerprint density at radius 2 is 2.50 bits per heavy atom. The molecule has 1 unspecified atom stereocenters. The second-order valence-corrected chi connectivity index (χ2v) is 4.13. The Morgan fingerprint density at radius 3 is 3.07 bits per heavy atom. The SMILES string of the molecule is CCC(NCCc1cnc[nH]1)C1CC1. The van der Waals surface area contributed by atoms with Gasteiger partial charge in [0.2, 0.25) is 0 Å². The second-order valence-electron chi connectivity index (χ2n) is 4.13. The van der Waals surface area contributed by atoms with Gasteiger partial charge in [0.05, 0.1) is 6.33 Å². The first-order valence-corrected chi connectivity index (χ1v) is 5.60. The van der Waals surface area contributed by atoms with Gasteiger partial charge in [-0.2, -0.15) is 0 Å². The molecule has 78 valence electrons. The summed E-state index contributed by atoms with van der Waals surface area (Å²) in [5, 5.41) is 3.62. The Labute approximate surface area is 85.3 Å². The highest BCUT2D eigenvalue weighted by Gasteiger charge is 2.29. The number of hydrogen-bond donors (Lipinski definition) is 2. The molecule has 1 aliphatic carbocycles. The van der Waals surface area contributed by atoms with E-state index >= 15 is 0 Å². The Morgan fingerprint density at radius 1 is 1.64 bits per heavy atom. The number of nitrogens with zero attached hydrogens (tertiary/aromatic N) is 1. The molecule has 2 N–H and O–H groups in total. The number of imidazole rings is 1. The zero-order chi connectivity index (χ0) is 9.80. The van der Waals surface area contributed by atoms with Crippen LogP contribution in [0.15, 0.2) is 12.5 Å². The van der Waals surface area contributed by atoms with Crippen LogP contribution < -0.4 is 5.32 Å². The van der Waals surface area contributed by atoms with E-state index in [9.17, 15) is 0 Å². The lowest BCUT2D eigenvalue weighted by Gasteiger charge is -2.15. The summed E-state index contributed by atoms with van der Waals surface area (Å²) in [6, 6.07) is 0.748. The van der Waals surface area contributed by atoms with Crippen LogP contribution in [0.25, 0.3) is 0 Å². The molecule has 0 radical (unpaired) electrons. The molecule has 0 amide bonds. The minimum absolute atomic E-state index is 0.748. The summed E-state index contributed by atoms with van der Waals surface area (Å²) in [6.45, 7) is 3.34. The maximum absolute atomic E-state index is 4.00. The minimum Gasteiger partial charge on any atom is -0.348 e. The van der Waals surface area contributed by atoms with Crippen LogP contribution in [0.5, 0.6) is 0 Å². The highest BCUT2D eigenvalue weighted by Crippen LogP contribution is 2.33. The molecule has 14 heavy (non-hydrogen) atoms. The third kappa shape index (κ3) is 2.58. The molecular weight excluding hydrogens is 174 g/mol. The first-order chi connectivity index (χ1) is 6.90. The quantitative estimate of drug-likeness (QED) is 0.722. The lowest BCUT2D eigenvalue weighted by Crippen LogP contribution is -2.32. The van der Waals surface area contributed by atoms with Gasteiger partial charge < -0.3 is 10.3 Å². The monoisotopic (exact) mass is 193 g/mol. The number of hydrogen-bond acceptors (Lipinski definition) is 2. The molecule has 0 aromatic carbocycles. The molecule has 1 aromatic rings. The lowest BCUT2D eigenvalue weighted by molar-refractivity contribution is 0.452. The van der Waals surface area contributed by atoms with Crippen molar-refractivity contribution in [1.82, 2.24) is 15.3 Å². The summed E-state index contributed by atoms with van der Waals surface area (Å²) in [7, 11) is 0. The van der Waals surface area contributed by atoms with Crippen molar-refractivity contribution in [1.29, 1.82) is 0 Å². The standard InChI is InChI=1S/C11H19N3/c1-2-11(9-3-4-9)13-6-5-10-7-12-8-14-10/h7-9,11,13H,2-6H2,1H3,(H,12,14). The average molecular weight is 193 g/mol. The molecule has 0 aliphatic heterocycles. The first-order valence-electron chi connectivity index (χ1n) is 5.60. The normalized spacial score (nSPS) is 18.4. The van der Waals surface area contributed by atoms with Crippen LogP contribution in [0.1, 0.15) is 31.9 Å². The maximum atomic E-state index is 4.00. The second kappa shape index (κ2) is 4.60. The van der Waals surface area contributed by atoms with Crippen molar-refractivity contribution in [2.24, 2.45) is 5.92 Å². The highest BCUT2D eigenvalue weighted by molar-refractivity contribution is 4.95. The average Bonchev–Trinajstić information content (AvgIpc) is 2.91. The van der Waals surface area contributed by atoms with E-state index in [1.165, 1.54) is 25.0 Å². The van der Waals surface area contributed by atoms with Gasteiger partial charge in [0, 0.05) is 30.9 Å². The van der Waals surface area contributed by atoms with E-state index < -0.39 is 0 Å². The molecular formula is C11H19N3. The molecule has 1 saturated carbocycles. The summed E-state index contributed by atoms with van der Waals surface area (Å²) < 4.78 is 0. The van der Waals surface area contributed by atoms with Gasteiger partial charge in [-0.3, -0.25) is 0 Å². The molecule has 1 aliphatic rings. The number of H-pyrrole nitrogens is 1. The molecule has 2 rings (SSSR count). The third-order valence-electron chi connectivity index (χ3n) is 2.99. The van der Waals surface area contributed by atoms with Gasteiger partial charge >= 0.3 is 0 Å². The number of aromatic nitrogens is 2. The van der Waals surface area contributed by atoms with Crippen LogP contribution in [0, 0.1) is 5.92 Å². The summed E-state index contributed by atoms with van der Waals surface area (Å²) >= 11 is 0. The van der Waals surface area contributed by atoms with Gasteiger partial charge in [0.1, 0.15) is 0 Å². The summed E-state index contributed by atoms with van der Waals surface area (Å²) in [6.07, 6.45) is 8.81. The van der Waals surface area contributed by atoms with Crippen molar-refractivity contribution >= 4 is 0 Å². The predicted octanol–water partition coefficient (Wildman–Crippen LogP) is 1.73. The van der Waals surface area contributed by atoms with E-state index in [4.69, 9.17) is 0 Å². The Hall–Kier alpha value is -0.830. The molecule has 0 spiro atoms. The molecule has 1 atom stereocenters. The van der Waals surface area contributed by atoms with Gasteiger partial charge in [0.25, 0.3) is 0 Å². The van der Waals surface area contributed by atoms with Crippen molar-refractivity contribution in [3.05, 3.63) is 18.2 Å². The number of nitrogens with one attached hydrogen (secondary N) is 2. The van der Waals surface area contributed by atoms with Gasteiger partial charge in [-0.1, -0.05) is 6.92 Å². The van der Waals surface area contributed by atoms with E-state index in [0.29, 0.717) is 0 Å². The van der Waals surface area contributed by atoms with Gasteiger partial charge in [-0.25, -0.2) is 4.98 Å². The van der Waals surface area contributed by atoms with Gasteiger partial charge in [-0.15, -0.1) is 0 Å². The Kier molecular flexibility index (Phi) is 3.19. The molecule has 0 saturated heterocycles. The third-order valence-corrected chi connectivity index (χ3v) is 2.99. The zero-order valence-corrected chi connectivity index (χ0v) is 8.79. The minimum atomic E-state index is 0.748. The highest BCUT2D eigenvalue weighted by atomic mass is 14.9. The summed E-state index contributed by atoms with van der Waals surface area (Å²) in [5.74, 6) is 0.960. The lowest BCUT2D eigenvalue weighted by atomic mass is 10.1. The fourth-order valence-corrected chi connectivity index (χ4v) is 1.96. The Balaban J connectivity index is 1.66. The van der Waals surface area contributed by atoms with Gasteiger partial charge in [-0.05, 0) is 25.2 Å². The smallest absolute Gasteiger partial charge is 0.0921 e. The van der Waals surface area contributed by atoms with E-state index in [1.54, 1.807) is 6.33 Å². The zero-order valence-electron chi connectivity index (χ0n) is 8.79. The van der Waals surface area contributed by atoms with E-state index in [0.717, 1.165) is 24.9 Å². The predicted molar refractivity (Wildman–Crippen MR) is 57.1 cm³/mol. The van der Waals surface area contributed by atoms with E-state index in [1.807, 2.05) is 6.20 Å². The van der Waals surface area contributed by atoms with Crippen molar-refractivity contribution in [3.63, 3.8) is 0 Å². The van der Waals surface area contributed by atoms with Crippen LogP contribution in [0.4, 0.5) is 0 Å². The van der Waals surface area contributed by atoms with Crippen LogP contribution in [0.2, 0.25) is 0 Å². The largest absolute Gasteiger partial charge is 0.348 e. The van der Waals surface area contributed by atoms with Crippen LogP contribution in [-0.2, 0) is 6.42 Å². The molecule has 3 heteroatoms. The molecule has 1 fully saturated rings. The fourth-order valence-electron chi connectivity index (χ4n) is 1.96. The van der Waals surface area contributed by atoms with Crippen molar-refractivity contribution in [3.8, 4) is 0 Å². The first kappa shape index (κ1) is 9.71. The van der Waals surface area contributed by atoms with Crippen LogP contribution in [0.3, 0.4) is 0 Å². The van der Waals surface area contributed by atoms with Crippen molar-refractivity contribution in [2.45, 2.75) is 38.6 Å². The van der Waals surface area contributed by atoms with E-state index in [-0.39, 0.29) is 0 Å². The topological polar surface area (TPSA) is 40.7 Å². The number of aromatic amines is 1. The summed E-state index contributed by atoms with van der Waals surface area (Å²) in [4.78, 5) is 7.13. The van der Waals surface area contributed by atoms with Crippen molar-refractivity contribution < 1.29 is 0 Å². The Bertz CT molecular complexity index is 252. The molecule has 0 bridgehead atoms. The van der Waals surface area contributed by atoms with Gasteiger partial charge in [0.15, 0.2) is 0 Å². The van der Waals surface area contributed by atoms with Crippen LogP contribution >= 0.6 is 0 Å². The fraction of sp³-hybridized carbons (Fsp3) is 0.727. The molecule has 1 aromatic heterocycles. The van der Waals surface area contributed by atoms with Crippen LogP contribution in [-0.4, -0.2) is 22.6 Å². The summed E-state index contributed by atoms with van der Waals surface area (Å²) in [5.41, 5.74) is 1.23. The van der Waals surface area contributed by atoms with E-state index in [2.05, 4.69) is 22.2 Å². The molecule has 1 heterocycles. The molecule has 3 nitrogen and oxygen atoms in total. The number of rotatable bonds is 6. The van der Waals surface area contributed by atoms with Crippen molar-refractivity contribution in [2.75, 3.05) is 6.54 Å².